The molecule has 0 unspecified atom stereocenters. The van der Waals surface area contributed by atoms with E-state index in [0.717, 1.165) is 38.5 Å². The van der Waals surface area contributed by atoms with E-state index in [1.54, 1.807) is 0 Å². The lowest BCUT2D eigenvalue weighted by Crippen LogP contribution is -2.56. The largest absolute Gasteiger partial charge is 0.423 e. The molecule has 2 bridgehead atoms. The van der Waals surface area contributed by atoms with Gasteiger partial charge in [0, 0.05) is 26.2 Å². The van der Waals surface area contributed by atoms with E-state index in [1.807, 2.05) is 18.2 Å². The molecule has 0 aliphatic carbocycles. The van der Waals surface area contributed by atoms with E-state index in [2.05, 4.69) is 29.0 Å². The molecule has 0 radical (unpaired) electrons. The molecule has 150 valence electrons. The molecule has 1 amide bonds. The fourth-order valence-corrected chi connectivity index (χ4v) is 4.93. The van der Waals surface area contributed by atoms with Gasteiger partial charge in [0.05, 0.1) is 23.9 Å². The number of oxazole rings is 1. The molecule has 1 aromatic heterocycles. The molecule has 1 N–H and O–H groups in total. The average molecular weight is 384 g/mol. The van der Waals surface area contributed by atoms with Crippen molar-refractivity contribution in [3.8, 4) is 0 Å². The van der Waals surface area contributed by atoms with E-state index in [9.17, 15) is 4.79 Å². The van der Waals surface area contributed by atoms with Gasteiger partial charge < -0.3 is 19.4 Å². The number of hydrogen-bond acceptors (Lipinski definition) is 6. The summed E-state index contributed by atoms with van der Waals surface area (Å²) in [6.07, 6.45) is 3.95. The van der Waals surface area contributed by atoms with Gasteiger partial charge in [-0.25, -0.2) is 0 Å². The highest BCUT2D eigenvalue weighted by atomic mass is 16.5. The Morgan fingerprint density at radius 1 is 1.18 bits per heavy atom. The third-order valence-electron chi connectivity index (χ3n) is 6.29. The van der Waals surface area contributed by atoms with Crippen LogP contribution in [0.4, 0.5) is 6.01 Å². The van der Waals surface area contributed by atoms with Crippen molar-refractivity contribution in [3.05, 3.63) is 23.8 Å². The first-order valence-corrected chi connectivity index (χ1v) is 10.4. The first kappa shape index (κ1) is 17.9. The number of ether oxygens (including phenoxy) is 1. The van der Waals surface area contributed by atoms with Gasteiger partial charge in [-0.1, -0.05) is 6.07 Å². The van der Waals surface area contributed by atoms with Crippen molar-refractivity contribution in [2.24, 2.45) is 5.92 Å². The van der Waals surface area contributed by atoms with Gasteiger partial charge in [-0.15, -0.1) is 0 Å². The van der Waals surface area contributed by atoms with Crippen molar-refractivity contribution >= 4 is 23.0 Å². The van der Waals surface area contributed by atoms with Crippen LogP contribution in [0.15, 0.2) is 22.6 Å². The summed E-state index contributed by atoms with van der Waals surface area (Å²) in [4.78, 5) is 22.2. The first-order valence-electron chi connectivity index (χ1n) is 10.4. The molecule has 2 aromatic rings. The zero-order chi connectivity index (χ0) is 19.3. The number of amides is 1. The minimum atomic E-state index is -0.0632. The van der Waals surface area contributed by atoms with Gasteiger partial charge in [-0.3, -0.25) is 9.69 Å². The average Bonchev–Trinajstić information content (AvgIpc) is 3.12. The molecule has 5 heterocycles. The zero-order valence-corrected chi connectivity index (χ0v) is 16.6. The molecule has 6 rings (SSSR count). The van der Waals surface area contributed by atoms with Crippen molar-refractivity contribution in [2.45, 2.75) is 51.5 Å². The van der Waals surface area contributed by atoms with E-state index in [4.69, 9.17) is 14.1 Å². The highest BCUT2D eigenvalue weighted by Crippen LogP contribution is 2.31. The van der Waals surface area contributed by atoms with Crippen molar-refractivity contribution in [2.75, 3.05) is 31.1 Å². The summed E-state index contributed by atoms with van der Waals surface area (Å²) in [6.45, 7) is 7.74. The summed E-state index contributed by atoms with van der Waals surface area (Å²) in [6, 6.07) is 6.15. The van der Waals surface area contributed by atoms with Crippen LogP contribution in [0.5, 0.6) is 0 Å². The molecule has 7 heteroatoms. The van der Waals surface area contributed by atoms with Gasteiger partial charge >= 0.3 is 0 Å². The maximum Gasteiger partial charge on any atom is 0.298 e. The van der Waals surface area contributed by atoms with Crippen LogP contribution in [0.25, 0.3) is 11.1 Å². The number of hydrogen-bond donors (Lipinski definition) is 1. The summed E-state index contributed by atoms with van der Waals surface area (Å²) in [5, 5.41) is 3.23. The van der Waals surface area contributed by atoms with Crippen LogP contribution in [-0.4, -0.2) is 60.3 Å². The first-order chi connectivity index (χ1) is 13.6. The number of aromatic nitrogens is 1. The zero-order valence-electron chi connectivity index (χ0n) is 16.6. The number of carbonyl (C=O) groups is 1. The van der Waals surface area contributed by atoms with E-state index in [1.165, 1.54) is 12.8 Å². The Bertz CT molecular complexity index is 864. The molecule has 3 atom stereocenters. The SMILES string of the molecule is C[C@@H]1CN(c2nc3c(C(=O)N[C@@H]4CC5CCN4CC5)cccc3o2)C[C@H](C)O1. The van der Waals surface area contributed by atoms with Crippen LogP contribution in [0.1, 0.15) is 43.5 Å². The topological polar surface area (TPSA) is 70.8 Å². The smallest absolute Gasteiger partial charge is 0.298 e. The molecular weight excluding hydrogens is 356 g/mol. The Balaban J connectivity index is 1.39. The van der Waals surface area contributed by atoms with Crippen LogP contribution >= 0.6 is 0 Å². The Kier molecular flexibility index (Phi) is 4.51. The third kappa shape index (κ3) is 3.26. The molecule has 4 aliphatic rings. The summed E-state index contributed by atoms with van der Waals surface area (Å²) >= 11 is 0. The fourth-order valence-electron chi connectivity index (χ4n) is 4.93. The second-order valence-corrected chi connectivity index (χ2v) is 8.52. The lowest BCUT2D eigenvalue weighted by atomic mass is 9.86. The van der Waals surface area contributed by atoms with Crippen molar-refractivity contribution < 1.29 is 13.9 Å². The number of anilines is 1. The monoisotopic (exact) mass is 384 g/mol. The number of nitrogens with one attached hydrogen (secondary N) is 1. The van der Waals surface area contributed by atoms with E-state index in [0.29, 0.717) is 22.7 Å². The molecule has 1 aromatic carbocycles. The third-order valence-corrected chi connectivity index (χ3v) is 6.29. The molecule has 0 spiro atoms. The summed E-state index contributed by atoms with van der Waals surface area (Å²) in [5.74, 6) is 0.682. The highest BCUT2D eigenvalue weighted by Gasteiger charge is 2.35. The molecule has 4 aliphatic heterocycles. The molecule has 0 saturated carbocycles. The standard InChI is InChI=1S/C21H28N4O3/c1-13-11-25(12-14(2)27-13)21-23-19-16(4-3-5-17(19)28-21)20(26)22-18-10-15-6-8-24(18)9-7-15/h3-5,13-15,18H,6-12H2,1-2H3,(H,22,26)/t13-,14+,18-/m0/s1. The molecule has 4 saturated heterocycles. The number of rotatable bonds is 3. The molecule has 7 nitrogen and oxygen atoms in total. The van der Waals surface area contributed by atoms with E-state index in [-0.39, 0.29) is 24.3 Å². The Morgan fingerprint density at radius 3 is 2.61 bits per heavy atom. The number of morpholine rings is 1. The number of fused-ring (bicyclic) bond motifs is 4. The predicted molar refractivity (Wildman–Crippen MR) is 106 cm³/mol. The van der Waals surface area contributed by atoms with Crippen molar-refractivity contribution in [1.29, 1.82) is 0 Å². The van der Waals surface area contributed by atoms with Crippen molar-refractivity contribution in [3.63, 3.8) is 0 Å². The van der Waals surface area contributed by atoms with Gasteiger partial charge in [0.25, 0.3) is 11.9 Å². The van der Waals surface area contributed by atoms with Crippen LogP contribution in [0, 0.1) is 5.92 Å². The van der Waals surface area contributed by atoms with Gasteiger partial charge in [0.15, 0.2) is 5.58 Å². The minimum Gasteiger partial charge on any atom is -0.423 e. The van der Waals surface area contributed by atoms with Crippen LogP contribution in [-0.2, 0) is 4.74 Å². The van der Waals surface area contributed by atoms with E-state index >= 15 is 0 Å². The summed E-state index contributed by atoms with van der Waals surface area (Å²) in [7, 11) is 0. The molecule has 4 fully saturated rings. The van der Waals surface area contributed by atoms with Gasteiger partial charge in [-0.2, -0.15) is 4.98 Å². The second-order valence-electron chi connectivity index (χ2n) is 8.52. The maximum absolute atomic E-state index is 13.0. The van der Waals surface area contributed by atoms with Crippen molar-refractivity contribution in [1.82, 2.24) is 15.2 Å². The number of nitrogens with zero attached hydrogens (tertiary/aromatic N) is 3. The summed E-state index contributed by atoms with van der Waals surface area (Å²) < 4.78 is 11.8. The Labute approximate surface area is 165 Å². The molecular formula is C21H28N4O3. The van der Waals surface area contributed by atoms with E-state index < -0.39 is 0 Å². The summed E-state index contributed by atoms with van der Waals surface area (Å²) in [5.41, 5.74) is 1.88. The number of piperidine rings is 3. The quantitative estimate of drug-likeness (QED) is 0.877. The van der Waals surface area contributed by atoms with Crippen LogP contribution < -0.4 is 10.2 Å². The lowest BCUT2D eigenvalue weighted by molar-refractivity contribution is -0.00662. The van der Waals surface area contributed by atoms with Gasteiger partial charge in [0.1, 0.15) is 5.52 Å². The van der Waals surface area contributed by atoms with Crippen LogP contribution in [0.2, 0.25) is 0 Å². The minimum absolute atomic E-state index is 0.0632. The Morgan fingerprint density at radius 2 is 1.93 bits per heavy atom. The maximum atomic E-state index is 13.0. The van der Waals surface area contributed by atoms with Gasteiger partial charge in [0.2, 0.25) is 0 Å². The normalized spacial score (nSPS) is 32.6. The lowest BCUT2D eigenvalue weighted by Gasteiger charge is -2.45. The Hall–Kier alpha value is -2.12. The van der Waals surface area contributed by atoms with Crippen LogP contribution in [0.3, 0.4) is 0 Å². The predicted octanol–water partition coefficient (Wildman–Crippen LogP) is 2.61. The van der Waals surface area contributed by atoms with Gasteiger partial charge in [-0.05, 0) is 51.2 Å². The number of carbonyl (C=O) groups excluding carboxylic acids is 1. The number of benzene rings is 1. The highest BCUT2D eigenvalue weighted by molar-refractivity contribution is 6.04. The second kappa shape index (κ2) is 7.04. The molecule has 28 heavy (non-hydrogen) atoms. The fraction of sp³-hybridized carbons (Fsp3) is 0.619. The number of para-hydroxylation sites is 1.